The number of nitrogens with one attached hydrogen (secondary N) is 2. The number of aromatic nitrogens is 3. The lowest BCUT2D eigenvalue weighted by molar-refractivity contribution is -0.134. The molecule has 0 aliphatic carbocycles. The summed E-state index contributed by atoms with van der Waals surface area (Å²) in [5.74, 6) is -3.65. The van der Waals surface area contributed by atoms with Gasteiger partial charge in [0.25, 0.3) is 5.91 Å². The number of nitrogens with zero attached hydrogens (tertiary/aromatic N) is 5. The Kier molecular flexibility index (Phi) is 8.18. The van der Waals surface area contributed by atoms with Crippen LogP contribution >= 0.6 is 15.9 Å². The van der Waals surface area contributed by atoms with Crippen LogP contribution in [0.3, 0.4) is 0 Å². The van der Waals surface area contributed by atoms with Crippen LogP contribution in [-0.4, -0.2) is 93.1 Å². The van der Waals surface area contributed by atoms with E-state index < -0.39 is 35.5 Å². The number of piperazine rings is 1. The zero-order valence-electron chi connectivity index (χ0n) is 23.4. The van der Waals surface area contributed by atoms with Gasteiger partial charge < -0.3 is 30.3 Å². The monoisotopic (exact) mass is 673 g/mol. The highest BCUT2D eigenvalue weighted by molar-refractivity contribution is 9.10. The lowest BCUT2D eigenvalue weighted by Crippen LogP contribution is -2.54. The Morgan fingerprint density at radius 3 is 2.52 bits per heavy atom. The van der Waals surface area contributed by atoms with Crippen LogP contribution in [0.25, 0.3) is 16.9 Å². The molecular formula is C29H27BrF3N7O4. The molecular weight excluding hydrogens is 647 g/mol. The fraction of sp³-hybridized carbons (Fsp3) is 0.310. The predicted octanol–water partition coefficient (Wildman–Crippen LogP) is 3.34. The van der Waals surface area contributed by atoms with E-state index >= 15 is 4.39 Å². The second-order valence-electron chi connectivity index (χ2n) is 10.5. The number of aliphatic hydroxyl groups is 1. The third-order valence-electron chi connectivity index (χ3n) is 7.77. The quantitative estimate of drug-likeness (QED) is 0.285. The maximum atomic E-state index is 15.4. The number of benzene rings is 2. The number of hydrogen-bond acceptors (Lipinski definition) is 8. The van der Waals surface area contributed by atoms with Gasteiger partial charge in [0.2, 0.25) is 11.7 Å². The number of β-amino-alcohol motifs (C(OH)–C–C–N with tert-alkyl or cyclic N) is 1. The van der Waals surface area contributed by atoms with E-state index in [1.54, 1.807) is 4.90 Å². The first-order valence-corrected chi connectivity index (χ1v) is 14.6. The van der Waals surface area contributed by atoms with Crippen molar-refractivity contribution in [1.82, 2.24) is 29.5 Å². The van der Waals surface area contributed by atoms with Crippen molar-refractivity contribution in [3.63, 3.8) is 0 Å². The molecule has 4 heterocycles. The number of imidazole rings is 1. The van der Waals surface area contributed by atoms with E-state index in [-0.39, 0.29) is 63.2 Å². The molecule has 230 valence electrons. The van der Waals surface area contributed by atoms with Crippen LogP contribution < -0.4 is 15.4 Å². The molecule has 0 radical (unpaired) electrons. The molecule has 4 aromatic rings. The molecule has 44 heavy (non-hydrogen) atoms. The van der Waals surface area contributed by atoms with Crippen LogP contribution in [0.4, 0.5) is 24.7 Å². The Morgan fingerprint density at radius 2 is 1.84 bits per heavy atom. The van der Waals surface area contributed by atoms with Crippen molar-refractivity contribution in [1.29, 1.82) is 0 Å². The van der Waals surface area contributed by atoms with Crippen LogP contribution in [0.2, 0.25) is 0 Å². The molecule has 2 atom stereocenters. The predicted molar refractivity (Wildman–Crippen MR) is 157 cm³/mol. The Balaban J connectivity index is 1.18. The van der Waals surface area contributed by atoms with Crippen molar-refractivity contribution in [2.24, 2.45) is 0 Å². The molecule has 11 nitrogen and oxygen atoms in total. The standard InChI is InChI=1S/C29H27BrF3N7O4/c1-44-22-3-2-17(24(32)25(22)33)21-14-36-27-26(34-4-5-40(21)27)37-15-10-18(30)23(19(31)11-15)29(43)39-8-6-38(7-9-39)28(42)20-12-16(41)13-35-20/h2-5,10-11,14,16,20,35,41H,6-9,12-13H2,1H3,(H,34,37)/t16-,20+/m1/s1. The number of aliphatic hydroxyl groups excluding tert-OH is 1. The Hall–Kier alpha value is -4.21. The maximum absolute atomic E-state index is 15.4. The van der Waals surface area contributed by atoms with Gasteiger partial charge in [0, 0.05) is 60.8 Å². The molecule has 2 amide bonds. The third kappa shape index (κ3) is 5.46. The third-order valence-corrected chi connectivity index (χ3v) is 8.40. The average molecular weight is 674 g/mol. The summed E-state index contributed by atoms with van der Waals surface area (Å²) in [7, 11) is 1.24. The van der Waals surface area contributed by atoms with Crippen molar-refractivity contribution >= 4 is 44.9 Å². The smallest absolute Gasteiger partial charge is 0.258 e. The summed E-state index contributed by atoms with van der Waals surface area (Å²) in [6, 6.07) is 4.94. The number of halogens is 4. The van der Waals surface area contributed by atoms with E-state index in [1.165, 1.54) is 53.2 Å². The molecule has 2 aliphatic heterocycles. The first-order chi connectivity index (χ1) is 21.2. The molecule has 3 N–H and O–H groups in total. The lowest BCUT2D eigenvalue weighted by Gasteiger charge is -2.36. The van der Waals surface area contributed by atoms with E-state index in [9.17, 15) is 23.5 Å². The highest BCUT2D eigenvalue weighted by atomic mass is 79.9. The number of rotatable bonds is 6. The molecule has 0 unspecified atom stereocenters. The Labute approximate surface area is 257 Å². The van der Waals surface area contributed by atoms with Gasteiger partial charge in [0.1, 0.15) is 5.82 Å². The van der Waals surface area contributed by atoms with Crippen molar-refractivity contribution in [3.8, 4) is 17.0 Å². The molecule has 15 heteroatoms. The number of methoxy groups -OCH3 is 1. The van der Waals surface area contributed by atoms with Gasteiger partial charge >= 0.3 is 0 Å². The zero-order chi connectivity index (χ0) is 31.1. The maximum Gasteiger partial charge on any atom is 0.258 e. The highest BCUT2D eigenvalue weighted by Crippen LogP contribution is 2.33. The average Bonchev–Trinajstić information content (AvgIpc) is 3.65. The molecule has 0 spiro atoms. The van der Waals surface area contributed by atoms with E-state index in [4.69, 9.17) is 4.74 Å². The Morgan fingerprint density at radius 1 is 1.09 bits per heavy atom. The second-order valence-corrected chi connectivity index (χ2v) is 11.3. The number of carbonyl (C=O) groups excluding carboxylic acids is 2. The van der Waals surface area contributed by atoms with Gasteiger partial charge in [-0.05, 0) is 46.6 Å². The van der Waals surface area contributed by atoms with Gasteiger partial charge in [-0.2, -0.15) is 4.39 Å². The van der Waals surface area contributed by atoms with Gasteiger partial charge in [-0.3, -0.25) is 14.0 Å². The van der Waals surface area contributed by atoms with Gasteiger partial charge in [-0.1, -0.05) is 0 Å². The largest absolute Gasteiger partial charge is 0.494 e. The summed E-state index contributed by atoms with van der Waals surface area (Å²) in [6.45, 7) is 1.43. The minimum Gasteiger partial charge on any atom is -0.494 e. The minimum absolute atomic E-state index is 0.0381. The van der Waals surface area contributed by atoms with E-state index in [0.29, 0.717) is 26.1 Å². The van der Waals surface area contributed by atoms with Gasteiger partial charge in [0.15, 0.2) is 23.0 Å². The van der Waals surface area contributed by atoms with Crippen molar-refractivity contribution in [2.45, 2.75) is 18.6 Å². The first-order valence-electron chi connectivity index (χ1n) is 13.8. The van der Waals surface area contributed by atoms with Crippen molar-refractivity contribution in [3.05, 3.63) is 70.3 Å². The summed E-state index contributed by atoms with van der Waals surface area (Å²) >= 11 is 3.32. The van der Waals surface area contributed by atoms with Crippen molar-refractivity contribution in [2.75, 3.05) is 45.2 Å². The summed E-state index contributed by atoms with van der Waals surface area (Å²) < 4.78 is 51.2. The lowest BCUT2D eigenvalue weighted by atomic mass is 10.1. The van der Waals surface area contributed by atoms with Crippen LogP contribution in [0.15, 0.2) is 47.3 Å². The van der Waals surface area contributed by atoms with Crippen LogP contribution in [0, 0.1) is 17.5 Å². The number of fused-ring (bicyclic) bond motifs is 1. The molecule has 2 fully saturated rings. The molecule has 2 aromatic carbocycles. The zero-order valence-corrected chi connectivity index (χ0v) is 24.9. The number of ether oxygens (including phenoxy) is 1. The number of anilines is 2. The van der Waals surface area contributed by atoms with Gasteiger partial charge in [0.05, 0.1) is 36.7 Å². The topological polar surface area (TPSA) is 124 Å². The summed E-state index contributed by atoms with van der Waals surface area (Å²) in [5.41, 5.74) is 0.603. The molecule has 6 rings (SSSR count). The summed E-state index contributed by atoms with van der Waals surface area (Å²) in [5, 5.41) is 15.7. The minimum atomic E-state index is -1.13. The number of carbonyl (C=O) groups is 2. The van der Waals surface area contributed by atoms with Gasteiger partial charge in [-0.15, -0.1) is 0 Å². The van der Waals surface area contributed by atoms with Crippen LogP contribution in [-0.2, 0) is 4.79 Å². The van der Waals surface area contributed by atoms with Crippen molar-refractivity contribution < 1.29 is 32.6 Å². The molecule has 0 bridgehead atoms. The van der Waals surface area contributed by atoms with Crippen LogP contribution in [0.5, 0.6) is 5.75 Å². The van der Waals surface area contributed by atoms with E-state index in [0.717, 1.165) is 6.07 Å². The molecule has 2 aromatic heterocycles. The second kappa shape index (κ2) is 12.1. The summed E-state index contributed by atoms with van der Waals surface area (Å²) in [4.78, 5) is 37.7. The fourth-order valence-corrected chi connectivity index (χ4v) is 6.10. The molecule has 0 saturated carbocycles. The van der Waals surface area contributed by atoms with Gasteiger partial charge in [-0.25, -0.2) is 18.7 Å². The SMILES string of the molecule is COc1ccc(-c2cnc3c(Nc4cc(F)c(C(=O)N5CCN(C(=O)[C@@H]6C[C@@H](O)CN6)CC5)c(Br)c4)nccn23)c(F)c1F. The molecule has 2 aliphatic rings. The van der Waals surface area contributed by atoms with E-state index in [2.05, 4.69) is 36.5 Å². The first kappa shape index (κ1) is 29.8. The van der Waals surface area contributed by atoms with E-state index in [1.807, 2.05) is 0 Å². The number of hydrogen-bond donors (Lipinski definition) is 3. The normalized spacial score (nSPS) is 18.6. The number of amides is 2. The van der Waals surface area contributed by atoms with Crippen LogP contribution in [0.1, 0.15) is 16.8 Å². The highest BCUT2D eigenvalue weighted by Gasteiger charge is 2.34. The Bertz CT molecular complexity index is 1740. The fourth-order valence-electron chi connectivity index (χ4n) is 5.49. The molecule has 2 saturated heterocycles. The summed E-state index contributed by atoms with van der Waals surface area (Å²) in [6.07, 6.45) is 4.12.